The molecule has 19 heavy (non-hydrogen) atoms. The van der Waals surface area contributed by atoms with Gasteiger partial charge in [0.15, 0.2) is 5.11 Å². The molecule has 102 valence electrons. The fourth-order valence-electron chi connectivity index (χ4n) is 1.72. The summed E-state index contributed by atoms with van der Waals surface area (Å²) in [6.45, 7) is 2.23. The van der Waals surface area contributed by atoms with Gasteiger partial charge < -0.3 is 10.6 Å². The smallest absolute Gasteiger partial charge is 0.266 e. The van der Waals surface area contributed by atoms with Gasteiger partial charge in [-0.25, -0.2) is 12.7 Å². The Morgan fingerprint density at radius 1 is 1.37 bits per heavy atom. The summed E-state index contributed by atoms with van der Waals surface area (Å²) in [5.74, 6) is -0.208. The largest absolute Gasteiger partial charge is 0.360 e. The van der Waals surface area contributed by atoms with Crippen LogP contribution in [0, 0.1) is 0 Å². The minimum absolute atomic E-state index is 0.146. The third kappa shape index (κ3) is 2.85. The molecule has 0 unspecified atom stereocenters. The summed E-state index contributed by atoms with van der Waals surface area (Å²) in [5, 5.41) is 5.59. The zero-order valence-electron chi connectivity index (χ0n) is 10.2. The highest BCUT2D eigenvalue weighted by atomic mass is 32.2. The van der Waals surface area contributed by atoms with Crippen LogP contribution >= 0.6 is 12.2 Å². The van der Waals surface area contributed by atoms with Gasteiger partial charge in [-0.1, -0.05) is 0 Å². The van der Waals surface area contributed by atoms with Crippen LogP contribution < -0.4 is 10.6 Å². The van der Waals surface area contributed by atoms with E-state index >= 15 is 0 Å². The summed E-state index contributed by atoms with van der Waals surface area (Å²) in [5.41, 5.74) is 0.550. The first-order chi connectivity index (χ1) is 8.91. The summed E-state index contributed by atoms with van der Waals surface area (Å²) in [7, 11) is -3.62. The Bertz CT molecular complexity index is 611. The number of anilines is 1. The highest BCUT2D eigenvalue weighted by molar-refractivity contribution is 7.91. The molecular formula is C11H13N3O3S2. The number of nitrogens with zero attached hydrogens (tertiary/aromatic N) is 1. The van der Waals surface area contributed by atoms with Crippen LogP contribution in [0.15, 0.2) is 29.2 Å². The number of hydrogen-bond donors (Lipinski definition) is 2. The topological polar surface area (TPSA) is 78.5 Å². The lowest BCUT2D eigenvalue weighted by Crippen LogP contribution is -2.34. The normalized spacial score (nSPS) is 15.2. The van der Waals surface area contributed by atoms with E-state index in [1.807, 2.05) is 0 Å². The second-order valence-electron chi connectivity index (χ2n) is 4.01. The van der Waals surface area contributed by atoms with Crippen LogP contribution in [0.25, 0.3) is 0 Å². The van der Waals surface area contributed by atoms with Gasteiger partial charge in [0.1, 0.15) is 0 Å². The maximum atomic E-state index is 12.3. The van der Waals surface area contributed by atoms with Gasteiger partial charge in [-0.3, -0.25) is 4.79 Å². The molecule has 1 aromatic carbocycles. The van der Waals surface area contributed by atoms with E-state index < -0.39 is 10.0 Å². The SMILES string of the molecule is CC(=O)Nc1ccc(S(=O)(=O)N2CCNC2=S)cc1. The maximum Gasteiger partial charge on any atom is 0.266 e. The van der Waals surface area contributed by atoms with Crippen LogP contribution in [-0.2, 0) is 14.8 Å². The fourth-order valence-corrected chi connectivity index (χ4v) is 3.56. The molecule has 1 aliphatic rings. The first-order valence-electron chi connectivity index (χ1n) is 5.59. The van der Waals surface area contributed by atoms with E-state index in [1.54, 1.807) is 12.1 Å². The van der Waals surface area contributed by atoms with Crippen molar-refractivity contribution in [3.05, 3.63) is 24.3 Å². The number of benzene rings is 1. The molecule has 0 bridgehead atoms. The van der Waals surface area contributed by atoms with Gasteiger partial charge in [-0.05, 0) is 36.5 Å². The minimum Gasteiger partial charge on any atom is -0.360 e. The van der Waals surface area contributed by atoms with E-state index in [-0.39, 0.29) is 15.9 Å². The summed E-state index contributed by atoms with van der Waals surface area (Å²) in [6.07, 6.45) is 0. The molecule has 1 fully saturated rings. The van der Waals surface area contributed by atoms with Gasteiger partial charge in [-0.15, -0.1) is 0 Å². The maximum absolute atomic E-state index is 12.3. The van der Waals surface area contributed by atoms with Crippen LogP contribution in [0.3, 0.4) is 0 Å². The Balaban J connectivity index is 2.26. The Morgan fingerprint density at radius 3 is 2.47 bits per heavy atom. The average molecular weight is 299 g/mol. The molecule has 0 atom stereocenters. The molecule has 8 heteroatoms. The predicted octanol–water partition coefficient (Wildman–Crippen LogP) is 0.524. The van der Waals surface area contributed by atoms with E-state index in [0.29, 0.717) is 18.8 Å². The van der Waals surface area contributed by atoms with E-state index in [0.717, 1.165) is 4.31 Å². The first kappa shape index (κ1) is 13.8. The van der Waals surface area contributed by atoms with Crippen LogP contribution in [-0.4, -0.2) is 36.8 Å². The van der Waals surface area contributed by atoms with Crippen molar-refractivity contribution < 1.29 is 13.2 Å². The van der Waals surface area contributed by atoms with E-state index in [1.165, 1.54) is 19.1 Å². The zero-order valence-corrected chi connectivity index (χ0v) is 11.8. The standard InChI is InChI=1S/C11H13N3O3S2/c1-8(15)13-9-2-4-10(5-3-9)19(16,17)14-7-6-12-11(14)18/h2-5H,6-7H2,1H3,(H,12,18)(H,13,15). The molecule has 0 spiro atoms. The van der Waals surface area contributed by atoms with E-state index in [2.05, 4.69) is 10.6 Å². The molecule has 0 radical (unpaired) electrons. The van der Waals surface area contributed by atoms with Crippen molar-refractivity contribution in [2.45, 2.75) is 11.8 Å². The van der Waals surface area contributed by atoms with Crippen molar-refractivity contribution in [1.82, 2.24) is 9.62 Å². The number of carbonyl (C=O) groups is 1. The van der Waals surface area contributed by atoms with Gasteiger partial charge in [-0.2, -0.15) is 0 Å². The van der Waals surface area contributed by atoms with E-state index in [9.17, 15) is 13.2 Å². The molecule has 0 aromatic heterocycles. The molecule has 2 N–H and O–H groups in total. The first-order valence-corrected chi connectivity index (χ1v) is 7.44. The number of hydrogen-bond acceptors (Lipinski definition) is 4. The van der Waals surface area contributed by atoms with Gasteiger partial charge in [0.2, 0.25) is 5.91 Å². The highest BCUT2D eigenvalue weighted by Crippen LogP contribution is 2.19. The van der Waals surface area contributed by atoms with Crippen molar-refractivity contribution in [3.8, 4) is 0 Å². The Morgan fingerprint density at radius 2 is 2.00 bits per heavy atom. The zero-order chi connectivity index (χ0) is 14.0. The minimum atomic E-state index is -3.62. The lowest BCUT2D eigenvalue weighted by atomic mass is 10.3. The summed E-state index contributed by atoms with van der Waals surface area (Å²) in [4.78, 5) is 11.0. The van der Waals surface area contributed by atoms with Gasteiger partial charge in [0.25, 0.3) is 10.0 Å². The number of amides is 1. The molecule has 6 nitrogen and oxygen atoms in total. The molecule has 1 saturated heterocycles. The molecular weight excluding hydrogens is 286 g/mol. The summed E-state index contributed by atoms with van der Waals surface area (Å²) >= 11 is 4.95. The lowest BCUT2D eigenvalue weighted by Gasteiger charge is -2.17. The van der Waals surface area contributed by atoms with Crippen LogP contribution in [0.5, 0.6) is 0 Å². The van der Waals surface area contributed by atoms with Crippen molar-refractivity contribution >= 4 is 38.9 Å². The van der Waals surface area contributed by atoms with Crippen molar-refractivity contribution in [2.24, 2.45) is 0 Å². The number of nitrogens with one attached hydrogen (secondary N) is 2. The fraction of sp³-hybridized carbons (Fsp3) is 0.273. The lowest BCUT2D eigenvalue weighted by molar-refractivity contribution is -0.114. The number of thiocarbonyl (C=S) groups is 1. The van der Waals surface area contributed by atoms with Gasteiger partial charge in [0, 0.05) is 19.2 Å². The Kier molecular flexibility index (Phi) is 3.72. The molecule has 1 aromatic rings. The van der Waals surface area contributed by atoms with E-state index in [4.69, 9.17) is 12.2 Å². The highest BCUT2D eigenvalue weighted by Gasteiger charge is 2.29. The molecule has 0 saturated carbocycles. The third-order valence-corrected chi connectivity index (χ3v) is 4.87. The number of carbonyl (C=O) groups excluding carboxylic acids is 1. The van der Waals surface area contributed by atoms with Gasteiger partial charge in [0.05, 0.1) is 11.4 Å². The molecule has 1 heterocycles. The molecule has 1 aliphatic heterocycles. The van der Waals surface area contributed by atoms with Crippen LogP contribution in [0.4, 0.5) is 5.69 Å². The van der Waals surface area contributed by atoms with Crippen molar-refractivity contribution in [1.29, 1.82) is 0 Å². The second-order valence-corrected chi connectivity index (χ2v) is 6.26. The molecule has 0 aliphatic carbocycles. The van der Waals surface area contributed by atoms with Gasteiger partial charge >= 0.3 is 0 Å². The quantitative estimate of drug-likeness (QED) is 0.796. The average Bonchev–Trinajstić information content (AvgIpc) is 2.76. The monoisotopic (exact) mass is 299 g/mol. The van der Waals surface area contributed by atoms with Crippen molar-refractivity contribution in [2.75, 3.05) is 18.4 Å². The molecule has 2 rings (SSSR count). The number of sulfonamides is 1. The summed E-state index contributed by atoms with van der Waals surface area (Å²) in [6, 6.07) is 5.98. The third-order valence-electron chi connectivity index (χ3n) is 2.58. The summed E-state index contributed by atoms with van der Waals surface area (Å²) < 4.78 is 25.7. The van der Waals surface area contributed by atoms with Crippen LogP contribution in [0.1, 0.15) is 6.92 Å². The number of rotatable bonds is 3. The molecule has 1 amide bonds. The Labute approximate surface area is 116 Å². The Hall–Kier alpha value is -1.67. The van der Waals surface area contributed by atoms with Crippen molar-refractivity contribution in [3.63, 3.8) is 0 Å². The van der Waals surface area contributed by atoms with Crippen LogP contribution in [0.2, 0.25) is 0 Å². The predicted molar refractivity (Wildman–Crippen MR) is 75.2 cm³/mol. The second kappa shape index (κ2) is 5.14.